The predicted molar refractivity (Wildman–Crippen MR) is 98.7 cm³/mol. The van der Waals surface area contributed by atoms with Gasteiger partial charge in [-0.2, -0.15) is 4.31 Å². The maximum atomic E-state index is 12.7. The van der Waals surface area contributed by atoms with Gasteiger partial charge in [-0.05, 0) is 43.5 Å². The fourth-order valence-corrected chi connectivity index (χ4v) is 3.99. The molecular weight excluding hydrogens is 336 g/mol. The highest BCUT2D eigenvalue weighted by atomic mass is 32.2. The zero-order valence-electron chi connectivity index (χ0n) is 15.0. The van der Waals surface area contributed by atoms with Gasteiger partial charge >= 0.3 is 0 Å². The lowest BCUT2D eigenvalue weighted by Crippen LogP contribution is -2.39. The summed E-state index contributed by atoms with van der Waals surface area (Å²) in [6.45, 7) is 5.23. The highest BCUT2D eigenvalue weighted by Crippen LogP contribution is 2.20. The van der Waals surface area contributed by atoms with Crippen LogP contribution in [-0.2, 0) is 14.8 Å². The first-order valence-electron chi connectivity index (χ1n) is 8.09. The highest BCUT2D eigenvalue weighted by molar-refractivity contribution is 7.89. The molecule has 0 heterocycles. The third kappa shape index (κ3) is 4.67. The van der Waals surface area contributed by atoms with Gasteiger partial charge in [-0.3, -0.25) is 4.79 Å². The third-order valence-corrected chi connectivity index (χ3v) is 6.02. The second-order valence-corrected chi connectivity index (χ2v) is 8.24. The van der Waals surface area contributed by atoms with Gasteiger partial charge in [0.2, 0.25) is 15.9 Å². The maximum absolute atomic E-state index is 12.7. The summed E-state index contributed by atoms with van der Waals surface area (Å²) in [6.07, 6.45) is 0. The fourth-order valence-electron chi connectivity index (χ4n) is 2.55. The first-order chi connectivity index (χ1) is 11.7. The average Bonchev–Trinajstić information content (AvgIpc) is 2.57. The fraction of sp³-hybridized carbons (Fsp3) is 0.316. The zero-order chi connectivity index (χ0) is 18.6. The van der Waals surface area contributed by atoms with E-state index in [9.17, 15) is 13.2 Å². The first-order valence-corrected chi connectivity index (χ1v) is 9.53. The van der Waals surface area contributed by atoms with Crippen molar-refractivity contribution in [3.8, 4) is 0 Å². The van der Waals surface area contributed by atoms with E-state index in [0.29, 0.717) is 5.56 Å². The maximum Gasteiger partial charge on any atom is 0.243 e. The van der Waals surface area contributed by atoms with Gasteiger partial charge in [-0.25, -0.2) is 8.42 Å². The van der Waals surface area contributed by atoms with Gasteiger partial charge in [0.05, 0.1) is 17.5 Å². The summed E-state index contributed by atoms with van der Waals surface area (Å²) in [6, 6.07) is 14.6. The normalized spacial score (nSPS) is 12.8. The molecule has 0 radical (unpaired) electrons. The van der Waals surface area contributed by atoms with Gasteiger partial charge < -0.3 is 5.32 Å². The molecule has 1 atom stereocenters. The molecule has 0 aliphatic carbocycles. The Kier molecular flexibility index (Phi) is 5.98. The average molecular weight is 360 g/mol. The van der Waals surface area contributed by atoms with Crippen LogP contribution < -0.4 is 5.32 Å². The van der Waals surface area contributed by atoms with Crippen molar-refractivity contribution < 1.29 is 13.2 Å². The Labute approximate surface area is 149 Å². The van der Waals surface area contributed by atoms with Crippen molar-refractivity contribution in [3.05, 3.63) is 65.2 Å². The standard InChI is InChI=1S/C19H24N2O3S/c1-14-10-11-15(2)18(12-14)25(23,24)21(4)13-19(22)20-16(3)17-8-6-5-7-9-17/h5-12,16H,13H2,1-4H3,(H,20,22)/t16-/m0/s1. The van der Waals surface area contributed by atoms with Crippen LogP contribution in [0.3, 0.4) is 0 Å². The van der Waals surface area contributed by atoms with Crippen LogP contribution in [0.25, 0.3) is 0 Å². The molecule has 0 aliphatic rings. The molecule has 0 saturated heterocycles. The molecule has 134 valence electrons. The molecule has 1 amide bonds. The van der Waals surface area contributed by atoms with E-state index in [1.54, 1.807) is 19.1 Å². The molecule has 2 aromatic carbocycles. The van der Waals surface area contributed by atoms with E-state index in [4.69, 9.17) is 0 Å². The lowest BCUT2D eigenvalue weighted by molar-refractivity contribution is -0.121. The molecule has 1 N–H and O–H groups in total. The van der Waals surface area contributed by atoms with E-state index < -0.39 is 10.0 Å². The number of likely N-dealkylation sites (N-methyl/N-ethyl adjacent to an activating group) is 1. The van der Waals surface area contributed by atoms with Crippen LogP contribution in [0.5, 0.6) is 0 Å². The van der Waals surface area contributed by atoms with Crippen molar-refractivity contribution in [2.45, 2.75) is 31.7 Å². The van der Waals surface area contributed by atoms with Crippen LogP contribution in [0.2, 0.25) is 0 Å². The van der Waals surface area contributed by atoms with E-state index in [1.807, 2.05) is 50.2 Å². The lowest BCUT2D eigenvalue weighted by atomic mass is 10.1. The van der Waals surface area contributed by atoms with Crippen LogP contribution in [0, 0.1) is 13.8 Å². The number of hydrogen-bond acceptors (Lipinski definition) is 3. The van der Waals surface area contributed by atoms with Crippen LogP contribution in [0.4, 0.5) is 0 Å². The Bertz CT molecular complexity index is 848. The minimum Gasteiger partial charge on any atom is -0.348 e. The molecule has 6 heteroatoms. The van der Waals surface area contributed by atoms with Crippen molar-refractivity contribution >= 4 is 15.9 Å². The molecule has 0 saturated carbocycles. The zero-order valence-corrected chi connectivity index (χ0v) is 15.8. The van der Waals surface area contributed by atoms with Crippen molar-refractivity contribution in [3.63, 3.8) is 0 Å². The molecule has 0 aromatic heterocycles. The van der Waals surface area contributed by atoms with Gasteiger partial charge in [-0.1, -0.05) is 42.5 Å². The molecule has 2 rings (SSSR count). The number of carbonyl (C=O) groups excluding carboxylic acids is 1. The smallest absolute Gasteiger partial charge is 0.243 e. The van der Waals surface area contributed by atoms with E-state index in [1.165, 1.54) is 7.05 Å². The molecule has 5 nitrogen and oxygen atoms in total. The molecule has 0 spiro atoms. The minimum absolute atomic E-state index is 0.189. The summed E-state index contributed by atoms with van der Waals surface area (Å²) in [7, 11) is -2.29. The molecule has 0 bridgehead atoms. The topological polar surface area (TPSA) is 66.5 Å². The number of hydrogen-bond donors (Lipinski definition) is 1. The van der Waals surface area contributed by atoms with Crippen LogP contribution in [0.15, 0.2) is 53.4 Å². The first kappa shape index (κ1) is 19.1. The summed E-state index contributed by atoms with van der Waals surface area (Å²) in [5.41, 5.74) is 2.49. The van der Waals surface area contributed by atoms with E-state index in [0.717, 1.165) is 15.4 Å². The van der Waals surface area contributed by atoms with Crippen molar-refractivity contribution in [2.24, 2.45) is 0 Å². The van der Waals surface area contributed by atoms with Crippen LogP contribution >= 0.6 is 0 Å². The van der Waals surface area contributed by atoms with E-state index in [-0.39, 0.29) is 23.4 Å². The Balaban J connectivity index is 2.09. The van der Waals surface area contributed by atoms with Crippen LogP contribution in [-0.4, -0.2) is 32.2 Å². The van der Waals surface area contributed by atoms with Crippen LogP contribution in [0.1, 0.15) is 29.7 Å². The Morgan fingerprint density at radius 3 is 2.40 bits per heavy atom. The number of amides is 1. The molecule has 0 aliphatic heterocycles. The van der Waals surface area contributed by atoms with E-state index >= 15 is 0 Å². The van der Waals surface area contributed by atoms with Gasteiger partial charge in [0.25, 0.3) is 0 Å². The van der Waals surface area contributed by atoms with Crippen molar-refractivity contribution in [1.29, 1.82) is 0 Å². The Hall–Kier alpha value is -2.18. The highest BCUT2D eigenvalue weighted by Gasteiger charge is 2.25. The lowest BCUT2D eigenvalue weighted by Gasteiger charge is -2.20. The number of nitrogens with one attached hydrogen (secondary N) is 1. The molecule has 0 unspecified atom stereocenters. The molecular formula is C19H24N2O3S. The Morgan fingerprint density at radius 1 is 1.12 bits per heavy atom. The number of nitrogens with zero attached hydrogens (tertiary/aromatic N) is 1. The number of benzene rings is 2. The van der Waals surface area contributed by atoms with Gasteiger partial charge in [0, 0.05) is 7.05 Å². The third-order valence-electron chi connectivity index (χ3n) is 4.08. The monoisotopic (exact) mass is 360 g/mol. The summed E-state index contributed by atoms with van der Waals surface area (Å²) >= 11 is 0. The molecule has 25 heavy (non-hydrogen) atoms. The number of carbonyl (C=O) groups is 1. The predicted octanol–water partition coefficient (Wildman–Crippen LogP) is 2.80. The quantitative estimate of drug-likeness (QED) is 0.861. The minimum atomic E-state index is -3.72. The molecule has 2 aromatic rings. The second-order valence-electron chi connectivity index (χ2n) is 6.23. The SMILES string of the molecule is Cc1ccc(C)c(S(=O)(=O)N(C)CC(=O)N[C@@H](C)c2ccccc2)c1. The van der Waals surface area contributed by atoms with Gasteiger partial charge in [0.1, 0.15) is 0 Å². The van der Waals surface area contributed by atoms with E-state index in [2.05, 4.69) is 5.32 Å². The number of aryl methyl sites for hydroxylation is 2. The summed E-state index contributed by atoms with van der Waals surface area (Å²) in [5, 5.41) is 2.83. The largest absolute Gasteiger partial charge is 0.348 e. The second kappa shape index (κ2) is 7.80. The summed E-state index contributed by atoms with van der Waals surface area (Å²) in [4.78, 5) is 12.5. The number of rotatable bonds is 6. The van der Waals surface area contributed by atoms with Crippen molar-refractivity contribution in [2.75, 3.05) is 13.6 Å². The number of sulfonamides is 1. The Morgan fingerprint density at radius 2 is 1.76 bits per heavy atom. The van der Waals surface area contributed by atoms with Gasteiger partial charge in [0.15, 0.2) is 0 Å². The summed E-state index contributed by atoms with van der Waals surface area (Å²) in [5.74, 6) is -0.340. The summed E-state index contributed by atoms with van der Waals surface area (Å²) < 4.78 is 26.6. The van der Waals surface area contributed by atoms with Crippen molar-refractivity contribution in [1.82, 2.24) is 9.62 Å². The molecule has 0 fully saturated rings. The van der Waals surface area contributed by atoms with Gasteiger partial charge in [-0.15, -0.1) is 0 Å².